The lowest BCUT2D eigenvalue weighted by Gasteiger charge is -2.33. The highest BCUT2D eigenvalue weighted by molar-refractivity contribution is 7.18. The fraction of sp³-hybridized carbons (Fsp3) is 0.318. The van der Waals surface area contributed by atoms with Gasteiger partial charge in [-0.3, -0.25) is 9.59 Å². The van der Waals surface area contributed by atoms with Gasteiger partial charge in [0.25, 0.3) is 0 Å². The molecule has 1 aliphatic rings. The molecule has 0 radical (unpaired) electrons. The maximum Gasteiger partial charge on any atom is 0.312 e. The van der Waals surface area contributed by atoms with Gasteiger partial charge in [-0.15, -0.1) is 11.3 Å². The van der Waals surface area contributed by atoms with Crippen LogP contribution in [0.2, 0.25) is 0 Å². The summed E-state index contributed by atoms with van der Waals surface area (Å²) in [5.74, 6) is -1.48. The molecule has 6 heteroatoms. The van der Waals surface area contributed by atoms with Gasteiger partial charge in [-0.2, -0.15) is 0 Å². The van der Waals surface area contributed by atoms with Gasteiger partial charge < -0.3 is 10.0 Å². The molecule has 0 spiro atoms. The number of benzene rings is 2. The number of carboxylic acids is 1. The first-order valence-electron chi connectivity index (χ1n) is 9.54. The second-order valence-corrected chi connectivity index (χ2v) is 8.26. The molecule has 3 aromatic rings. The van der Waals surface area contributed by atoms with E-state index in [1.54, 1.807) is 16.2 Å². The van der Waals surface area contributed by atoms with E-state index in [2.05, 4.69) is 11.1 Å². The van der Waals surface area contributed by atoms with Crippen LogP contribution in [0.5, 0.6) is 0 Å². The Hall–Kier alpha value is -2.73. The third kappa shape index (κ3) is 3.92. The van der Waals surface area contributed by atoms with E-state index in [-0.39, 0.29) is 12.5 Å². The van der Waals surface area contributed by atoms with Gasteiger partial charge in [0, 0.05) is 19.5 Å². The lowest BCUT2D eigenvalue weighted by atomic mass is 9.89. The molecule has 28 heavy (non-hydrogen) atoms. The molecule has 1 aliphatic heterocycles. The van der Waals surface area contributed by atoms with Gasteiger partial charge in [-0.05, 0) is 42.5 Å². The van der Waals surface area contributed by atoms with Crippen molar-refractivity contribution >= 4 is 33.4 Å². The van der Waals surface area contributed by atoms with Crippen LogP contribution in [0, 0.1) is 0 Å². The maximum absolute atomic E-state index is 12.6. The standard InChI is InChI=1S/C22H22N2O3S/c25-21(12-6-5-11-20-23-18-9-3-4-10-19(18)28-20)24-13-15-7-1-2-8-16(15)17(14-24)22(26)27/h1-4,7-10,17H,5-6,11-14H2,(H,26,27). The number of rotatable bonds is 6. The zero-order valence-corrected chi connectivity index (χ0v) is 16.3. The highest BCUT2D eigenvalue weighted by Crippen LogP contribution is 2.29. The largest absolute Gasteiger partial charge is 0.481 e. The van der Waals surface area contributed by atoms with Crippen molar-refractivity contribution in [2.45, 2.75) is 38.1 Å². The fourth-order valence-electron chi connectivity index (χ4n) is 3.75. The number of carbonyl (C=O) groups is 2. The molecular weight excluding hydrogens is 372 g/mol. The molecule has 1 N–H and O–H groups in total. The number of aliphatic carboxylic acids is 1. The molecule has 0 saturated carbocycles. The molecular formula is C22H22N2O3S. The first-order valence-corrected chi connectivity index (χ1v) is 10.4. The minimum absolute atomic E-state index is 0.0325. The summed E-state index contributed by atoms with van der Waals surface area (Å²) in [6, 6.07) is 15.6. The second kappa shape index (κ2) is 8.10. The second-order valence-electron chi connectivity index (χ2n) is 7.15. The summed E-state index contributed by atoms with van der Waals surface area (Å²) in [6.07, 6.45) is 3.00. The number of fused-ring (bicyclic) bond motifs is 2. The van der Waals surface area contributed by atoms with Crippen LogP contribution in [0.4, 0.5) is 0 Å². The van der Waals surface area contributed by atoms with E-state index >= 15 is 0 Å². The number of carbonyl (C=O) groups excluding carboxylic acids is 1. The molecule has 5 nitrogen and oxygen atoms in total. The minimum atomic E-state index is -0.874. The number of amides is 1. The molecule has 0 saturated heterocycles. The molecule has 1 atom stereocenters. The number of para-hydroxylation sites is 1. The van der Waals surface area contributed by atoms with E-state index in [1.165, 1.54) is 4.70 Å². The minimum Gasteiger partial charge on any atom is -0.481 e. The predicted octanol–water partition coefficient (Wildman–Crippen LogP) is 4.22. The maximum atomic E-state index is 12.6. The number of aromatic nitrogens is 1. The van der Waals surface area contributed by atoms with Gasteiger partial charge in [0.2, 0.25) is 5.91 Å². The van der Waals surface area contributed by atoms with Gasteiger partial charge in [0.1, 0.15) is 0 Å². The summed E-state index contributed by atoms with van der Waals surface area (Å²) in [7, 11) is 0. The Morgan fingerprint density at radius 1 is 1.11 bits per heavy atom. The number of hydrogen-bond donors (Lipinski definition) is 1. The molecule has 1 amide bonds. The van der Waals surface area contributed by atoms with Gasteiger partial charge in [0.15, 0.2) is 0 Å². The molecule has 0 fully saturated rings. The number of unbranched alkanes of at least 4 members (excludes halogenated alkanes) is 1. The molecule has 4 rings (SSSR count). The Labute approximate surface area is 167 Å². The zero-order chi connectivity index (χ0) is 19.5. The third-order valence-electron chi connectivity index (χ3n) is 5.21. The molecule has 1 aromatic heterocycles. The first-order chi connectivity index (χ1) is 13.6. The van der Waals surface area contributed by atoms with Crippen molar-refractivity contribution in [1.82, 2.24) is 9.88 Å². The highest BCUT2D eigenvalue weighted by atomic mass is 32.1. The SMILES string of the molecule is O=C(O)C1CN(C(=O)CCCCc2nc3ccccc3s2)Cc2ccccc21. The number of thiazole rings is 1. The lowest BCUT2D eigenvalue weighted by molar-refractivity contribution is -0.141. The summed E-state index contributed by atoms with van der Waals surface area (Å²) in [6.45, 7) is 0.750. The summed E-state index contributed by atoms with van der Waals surface area (Å²) in [5.41, 5.74) is 2.80. The van der Waals surface area contributed by atoms with Crippen LogP contribution in [0.3, 0.4) is 0 Å². The van der Waals surface area contributed by atoms with E-state index in [1.807, 2.05) is 42.5 Å². The number of carboxylic acid groups (broad SMARTS) is 1. The van der Waals surface area contributed by atoms with Crippen LogP contribution in [0.15, 0.2) is 48.5 Å². The van der Waals surface area contributed by atoms with Gasteiger partial charge >= 0.3 is 5.97 Å². The Morgan fingerprint density at radius 3 is 2.71 bits per heavy atom. The molecule has 2 heterocycles. The third-order valence-corrected chi connectivity index (χ3v) is 6.31. The van der Waals surface area contributed by atoms with Crippen LogP contribution in [0.1, 0.15) is 41.3 Å². The van der Waals surface area contributed by atoms with Crippen LogP contribution < -0.4 is 0 Å². The van der Waals surface area contributed by atoms with Crippen LogP contribution >= 0.6 is 11.3 Å². The molecule has 2 aromatic carbocycles. The molecule has 0 bridgehead atoms. The van der Waals surface area contributed by atoms with Crippen molar-refractivity contribution in [3.05, 3.63) is 64.7 Å². The lowest BCUT2D eigenvalue weighted by Crippen LogP contribution is -2.40. The molecule has 1 unspecified atom stereocenters. The van der Waals surface area contributed by atoms with E-state index in [4.69, 9.17) is 0 Å². The van der Waals surface area contributed by atoms with Gasteiger partial charge in [-0.1, -0.05) is 36.4 Å². The van der Waals surface area contributed by atoms with E-state index in [9.17, 15) is 14.7 Å². The molecule has 0 aliphatic carbocycles. The molecule has 144 valence electrons. The summed E-state index contributed by atoms with van der Waals surface area (Å²) in [4.78, 5) is 30.6. The van der Waals surface area contributed by atoms with Gasteiger partial charge in [0.05, 0.1) is 21.1 Å². The Balaban J connectivity index is 1.32. The number of hydrogen-bond acceptors (Lipinski definition) is 4. The quantitative estimate of drug-likeness (QED) is 0.636. The Morgan fingerprint density at radius 2 is 1.89 bits per heavy atom. The average Bonchev–Trinajstić information content (AvgIpc) is 3.13. The van der Waals surface area contributed by atoms with Crippen molar-refractivity contribution < 1.29 is 14.7 Å². The predicted molar refractivity (Wildman–Crippen MR) is 109 cm³/mol. The van der Waals surface area contributed by atoms with Crippen molar-refractivity contribution in [2.24, 2.45) is 0 Å². The van der Waals surface area contributed by atoms with Gasteiger partial charge in [-0.25, -0.2) is 4.98 Å². The van der Waals surface area contributed by atoms with Crippen LogP contribution in [-0.4, -0.2) is 33.4 Å². The van der Waals surface area contributed by atoms with Crippen molar-refractivity contribution in [3.8, 4) is 0 Å². The average molecular weight is 394 g/mol. The highest BCUT2D eigenvalue weighted by Gasteiger charge is 2.31. The summed E-state index contributed by atoms with van der Waals surface area (Å²) >= 11 is 1.71. The number of nitrogens with zero attached hydrogens (tertiary/aromatic N) is 2. The van der Waals surface area contributed by atoms with E-state index in [0.29, 0.717) is 13.0 Å². The summed E-state index contributed by atoms with van der Waals surface area (Å²) in [5, 5.41) is 10.6. The van der Waals surface area contributed by atoms with Crippen molar-refractivity contribution in [1.29, 1.82) is 0 Å². The van der Waals surface area contributed by atoms with Crippen LogP contribution in [-0.2, 0) is 22.6 Å². The Bertz CT molecular complexity index is 981. The van der Waals surface area contributed by atoms with E-state index < -0.39 is 11.9 Å². The normalized spacial score (nSPS) is 16.1. The zero-order valence-electron chi connectivity index (χ0n) is 15.5. The van der Waals surface area contributed by atoms with Crippen molar-refractivity contribution in [3.63, 3.8) is 0 Å². The smallest absolute Gasteiger partial charge is 0.312 e. The topological polar surface area (TPSA) is 70.5 Å². The Kier molecular flexibility index (Phi) is 5.39. The summed E-state index contributed by atoms with van der Waals surface area (Å²) < 4.78 is 1.19. The van der Waals surface area contributed by atoms with E-state index in [0.717, 1.165) is 40.9 Å². The monoisotopic (exact) mass is 394 g/mol. The van der Waals surface area contributed by atoms with Crippen LogP contribution in [0.25, 0.3) is 10.2 Å². The first kappa shape index (κ1) is 18.6. The fourth-order valence-corrected chi connectivity index (χ4v) is 4.75. The van der Waals surface area contributed by atoms with Crippen molar-refractivity contribution in [2.75, 3.05) is 6.54 Å². The number of aryl methyl sites for hydroxylation is 1.